The second-order valence-corrected chi connectivity index (χ2v) is 5.20. The molecule has 1 heterocycles. The van der Waals surface area contributed by atoms with Gasteiger partial charge >= 0.3 is 0 Å². The smallest absolute Gasteiger partial charge is 0.0905 e. The number of amidine groups is 1. The van der Waals surface area contributed by atoms with Crippen molar-refractivity contribution in [1.29, 1.82) is 5.41 Å². The summed E-state index contributed by atoms with van der Waals surface area (Å²) in [5, 5.41) is 7.21. The number of nitrogens with one attached hydrogen (secondary N) is 1. The summed E-state index contributed by atoms with van der Waals surface area (Å²) >= 11 is 0. The van der Waals surface area contributed by atoms with Crippen molar-refractivity contribution < 1.29 is 0 Å². The van der Waals surface area contributed by atoms with Crippen LogP contribution < -0.4 is 5.73 Å². The van der Waals surface area contributed by atoms with E-state index in [1.807, 2.05) is 0 Å². The minimum atomic E-state index is 0.327. The van der Waals surface area contributed by atoms with Crippen LogP contribution in [0.1, 0.15) is 39.0 Å². The Bertz CT molecular complexity index is 229. The van der Waals surface area contributed by atoms with Gasteiger partial charge in [0.1, 0.15) is 0 Å². The van der Waals surface area contributed by atoms with Crippen molar-refractivity contribution in [2.75, 3.05) is 33.2 Å². The maximum atomic E-state index is 7.21. The average Bonchev–Trinajstić information content (AvgIpc) is 2.46. The second kappa shape index (κ2) is 7.67. The Morgan fingerprint density at radius 2 is 2.12 bits per heavy atom. The van der Waals surface area contributed by atoms with Gasteiger partial charge in [-0.25, -0.2) is 0 Å². The van der Waals surface area contributed by atoms with Gasteiger partial charge in [0, 0.05) is 19.0 Å². The lowest BCUT2D eigenvalue weighted by molar-refractivity contribution is 0.181. The van der Waals surface area contributed by atoms with Gasteiger partial charge in [-0.3, -0.25) is 10.3 Å². The number of nitrogens with zero attached hydrogens (tertiary/aromatic N) is 2. The van der Waals surface area contributed by atoms with E-state index >= 15 is 0 Å². The molecule has 0 spiro atoms. The van der Waals surface area contributed by atoms with E-state index in [9.17, 15) is 0 Å². The van der Waals surface area contributed by atoms with Crippen LogP contribution in [0.25, 0.3) is 0 Å². The third-order valence-electron chi connectivity index (χ3n) is 3.64. The Kier molecular flexibility index (Phi) is 6.52. The molecule has 0 saturated carbocycles. The summed E-state index contributed by atoms with van der Waals surface area (Å²) in [7, 11) is 2.22. The third-order valence-corrected chi connectivity index (χ3v) is 3.64. The fourth-order valence-corrected chi connectivity index (χ4v) is 2.60. The Morgan fingerprint density at radius 3 is 2.76 bits per heavy atom. The van der Waals surface area contributed by atoms with E-state index in [-0.39, 0.29) is 0 Å². The van der Waals surface area contributed by atoms with Crippen LogP contribution in [0.3, 0.4) is 0 Å². The van der Waals surface area contributed by atoms with Gasteiger partial charge in [-0.15, -0.1) is 0 Å². The van der Waals surface area contributed by atoms with Gasteiger partial charge in [0.15, 0.2) is 0 Å². The number of nitrogens with two attached hydrogens (primary N) is 1. The molecule has 0 aromatic heterocycles. The van der Waals surface area contributed by atoms with Crippen molar-refractivity contribution in [3.8, 4) is 0 Å². The minimum absolute atomic E-state index is 0.327. The molecular weight excluding hydrogens is 212 g/mol. The SMILES string of the molecule is CCC1CN(C)CCCN1CCCCC(=N)N. The van der Waals surface area contributed by atoms with Crippen LogP contribution in [0.4, 0.5) is 0 Å². The molecule has 1 atom stereocenters. The minimum Gasteiger partial charge on any atom is -0.388 e. The molecule has 1 unspecified atom stereocenters. The van der Waals surface area contributed by atoms with Gasteiger partial charge in [0.2, 0.25) is 0 Å². The van der Waals surface area contributed by atoms with Crippen LogP contribution in [-0.4, -0.2) is 54.9 Å². The Morgan fingerprint density at radius 1 is 1.35 bits per heavy atom. The zero-order valence-electron chi connectivity index (χ0n) is 11.4. The topological polar surface area (TPSA) is 56.4 Å². The molecule has 1 fully saturated rings. The molecule has 0 amide bonds. The highest BCUT2D eigenvalue weighted by Crippen LogP contribution is 2.13. The first-order chi connectivity index (χ1) is 8.13. The predicted molar refractivity (Wildman–Crippen MR) is 73.5 cm³/mol. The second-order valence-electron chi connectivity index (χ2n) is 5.20. The number of rotatable bonds is 6. The van der Waals surface area contributed by atoms with Crippen LogP contribution in [-0.2, 0) is 0 Å². The van der Waals surface area contributed by atoms with E-state index < -0.39 is 0 Å². The summed E-state index contributed by atoms with van der Waals surface area (Å²) in [4.78, 5) is 5.08. The molecule has 4 nitrogen and oxygen atoms in total. The average molecular weight is 240 g/mol. The van der Waals surface area contributed by atoms with E-state index in [4.69, 9.17) is 11.1 Å². The van der Waals surface area contributed by atoms with Crippen LogP contribution >= 0.6 is 0 Å². The zero-order valence-corrected chi connectivity index (χ0v) is 11.4. The first kappa shape index (κ1) is 14.5. The number of unbranched alkanes of at least 4 members (excludes halogenated alkanes) is 1. The van der Waals surface area contributed by atoms with Crippen molar-refractivity contribution in [2.24, 2.45) is 5.73 Å². The van der Waals surface area contributed by atoms with E-state index in [2.05, 4.69) is 23.8 Å². The Balaban J connectivity index is 2.30. The summed E-state index contributed by atoms with van der Waals surface area (Å²) in [5.74, 6) is 0.327. The molecule has 1 aliphatic heterocycles. The summed E-state index contributed by atoms with van der Waals surface area (Å²) in [6.07, 6.45) is 5.49. The Labute approximate surface area is 106 Å². The highest BCUT2D eigenvalue weighted by atomic mass is 15.2. The van der Waals surface area contributed by atoms with Gasteiger partial charge < -0.3 is 10.6 Å². The van der Waals surface area contributed by atoms with Crippen molar-refractivity contribution in [3.63, 3.8) is 0 Å². The maximum Gasteiger partial charge on any atom is 0.0905 e. The highest BCUT2D eigenvalue weighted by molar-refractivity contribution is 5.76. The van der Waals surface area contributed by atoms with Gasteiger partial charge in [-0.05, 0) is 52.4 Å². The first-order valence-electron chi connectivity index (χ1n) is 6.89. The molecule has 17 heavy (non-hydrogen) atoms. The van der Waals surface area contributed by atoms with Crippen LogP contribution in [0.5, 0.6) is 0 Å². The lowest BCUT2D eigenvalue weighted by Crippen LogP contribution is -2.40. The van der Waals surface area contributed by atoms with Crippen molar-refractivity contribution in [3.05, 3.63) is 0 Å². The molecule has 1 aliphatic rings. The van der Waals surface area contributed by atoms with Crippen LogP contribution in [0.2, 0.25) is 0 Å². The maximum absolute atomic E-state index is 7.21. The third kappa shape index (κ3) is 5.50. The van der Waals surface area contributed by atoms with Gasteiger partial charge in [0.05, 0.1) is 5.84 Å². The Hall–Kier alpha value is -0.610. The van der Waals surface area contributed by atoms with Gasteiger partial charge in [-0.1, -0.05) is 6.92 Å². The molecule has 4 heteroatoms. The molecule has 100 valence electrons. The fourth-order valence-electron chi connectivity index (χ4n) is 2.60. The summed E-state index contributed by atoms with van der Waals surface area (Å²) in [6, 6.07) is 0.708. The quantitative estimate of drug-likeness (QED) is 0.420. The molecule has 0 radical (unpaired) electrons. The monoisotopic (exact) mass is 240 g/mol. The standard InChI is InChI=1S/C13H28N4/c1-3-12-11-16(2)8-6-10-17(12)9-5-4-7-13(14)15/h12H,3-11H2,1-2H3,(H3,14,15). The molecule has 0 bridgehead atoms. The summed E-state index contributed by atoms with van der Waals surface area (Å²) < 4.78 is 0. The number of likely N-dealkylation sites (N-methyl/N-ethyl adjacent to an activating group) is 1. The lowest BCUT2D eigenvalue weighted by atomic mass is 10.1. The van der Waals surface area contributed by atoms with E-state index in [0.717, 1.165) is 12.8 Å². The summed E-state index contributed by atoms with van der Waals surface area (Å²) in [6.45, 7) is 7.10. The van der Waals surface area contributed by atoms with Crippen molar-refractivity contribution in [1.82, 2.24) is 9.80 Å². The van der Waals surface area contributed by atoms with E-state index in [0.29, 0.717) is 11.9 Å². The molecule has 0 aromatic rings. The molecular formula is C13H28N4. The first-order valence-corrected chi connectivity index (χ1v) is 6.89. The predicted octanol–water partition coefficient (Wildman–Crippen LogP) is 1.51. The zero-order chi connectivity index (χ0) is 12.7. The number of hydrogen-bond acceptors (Lipinski definition) is 3. The normalized spacial score (nSPS) is 23.5. The summed E-state index contributed by atoms with van der Waals surface area (Å²) in [5.41, 5.74) is 5.37. The molecule has 0 aliphatic carbocycles. The van der Waals surface area contributed by atoms with Gasteiger partial charge in [-0.2, -0.15) is 0 Å². The van der Waals surface area contributed by atoms with E-state index in [1.165, 1.54) is 45.4 Å². The number of hydrogen-bond donors (Lipinski definition) is 2. The van der Waals surface area contributed by atoms with Gasteiger partial charge in [0.25, 0.3) is 0 Å². The van der Waals surface area contributed by atoms with Crippen LogP contribution in [0, 0.1) is 5.41 Å². The van der Waals surface area contributed by atoms with E-state index in [1.54, 1.807) is 0 Å². The molecule has 1 saturated heterocycles. The lowest BCUT2D eigenvalue weighted by Gasteiger charge is -2.30. The molecule has 3 N–H and O–H groups in total. The fraction of sp³-hybridized carbons (Fsp3) is 0.923. The van der Waals surface area contributed by atoms with Crippen molar-refractivity contribution in [2.45, 2.75) is 45.1 Å². The van der Waals surface area contributed by atoms with Crippen LogP contribution in [0.15, 0.2) is 0 Å². The van der Waals surface area contributed by atoms with Crippen molar-refractivity contribution >= 4 is 5.84 Å². The molecule has 0 aromatic carbocycles. The molecule has 1 rings (SSSR count). The largest absolute Gasteiger partial charge is 0.388 e. The highest BCUT2D eigenvalue weighted by Gasteiger charge is 2.21.